The maximum Gasteiger partial charge on any atom is 0.243 e. The molecule has 0 aromatic heterocycles. The van der Waals surface area contributed by atoms with Gasteiger partial charge in [-0.1, -0.05) is 36.8 Å². The summed E-state index contributed by atoms with van der Waals surface area (Å²) in [5.41, 5.74) is 1.99. The second kappa shape index (κ2) is 11.5. The van der Waals surface area contributed by atoms with Crippen molar-refractivity contribution in [3.05, 3.63) is 59.7 Å². The lowest BCUT2D eigenvalue weighted by molar-refractivity contribution is -0.121. The van der Waals surface area contributed by atoms with Crippen LogP contribution in [0.15, 0.2) is 53.4 Å². The number of carbonyl (C=O) groups is 1. The molecule has 2 aromatic carbocycles. The van der Waals surface area contributed by atoms with Crippen LogP contribution < -0.4 is 10.1 Å². The second-order valence-corrected chi connectivity index (χ2v) is 10.4. The summed E-state index contributed by atoms with van der Waals surface area (Å²) in [6.07, 6.45) is 5.33. The number of nitrogens with one attached hydrogen (secondary N) is 1. The number of piperidine rings is 1. The number of amides is 1. The van der Waals surface area contributed by atoms with Crippen LogP contribution in [0.3, 0.4) is 0 Å². The Bertz CT molecular complexity index is 986. The molecule has 0 bridgehead atoms. The minimum atomic E-state index is -3.52. The number of carbonyl (C=O) groups excluding carboxylic acids is 1. The van der Waals surface area contributed by atoms with Crippen molar-refractivity contribution in [2.24, 2.45) is 0 Å². The molecule has 1 heterocycles. The third kappa shape index (κ3) is 6.56. The lowest BCUT2D eigenvalue weighted by Crippen LogP contribution is -2.35. The van der Waals surface area contributed by atoms with Crippen LogP contribution in [0.2, 0.25) is 0 Å². The Labute approximate surface area is 192 Å². The van der Waals surface area contributed by atoms with Gasteiger partial charge < -0.3 is 10.1 Å². The van der Waals surface area contributed by atoms with E-state index in [9.17, 15) is 13.2 Å². The molecular weight excluding hydrogens is 424 g/mol. The van der Waals surface area contributed by atoms with Gasteiger partial charge in [-0.2, -0.15) is 4.31 Å². The lowest BCUT2D eigenvalue weighted by atomic mass is 10.1. The van der Waals surface area contributed by atoms with Gasteiger partial charge in [0.05, 0.1) is 12.0 Å². The summed E-state index contributed by atoms with van der Waals surface area (Å²) in [5.74, 6) is 0.560. The molecule has 1 saturated heterocycles. The molecule has 1 unspecified atom stereocenters. The highest BCUT2D eigenvalue weighted by Gasteiger charge is 2.26. The number of benzene rings is 2. The quantitative estimate of drug-likeness (QED) is 0.585. The summed E-state index contributed by atoms with van der Waals surface area (Å²) < 4.78 is 33.0. The molecule has 1 aliphatic rings. The zero-order valence-electron chi connectivity index (χ0n) is 19.0. The van der Waals surface area contributed by atoms with E-state index in [1.807, 2.05) is 25.1 Å². The molecule has 1 fully saturated rings. The van der Waals surface area contributed by atoms with Gasteiger partial charge in [0.15, 0.2) is 0 Å². The lowest BCUT2D eigenvalue weighted by Gasteiger charge is -2.26. The van der Waals surface area contributed by atoms with Crippen molar-refractivity contribution in [2.45, 2.75) is 62.8 Å². The number of rotatable bonds is 10. The van der Waals surface area contributed by atoms with Crippen LogP contribution in [0.5, 0.6) is 5.75 Å². The molecule has 2 aromatic rings. The van der Waals surface area contributed by atoms with Crippen LogP contribution >= 0.6 is 0 Å². The maximum atomic E-state index is 13.0. The molecule has 1 amide bonds. The van der Waals surface area contributed by atoms with Crippen LogP contribution in [-0.4, -0.2) is 44.9 Å². The third-order valence-corrected chi connectivity index (χ3v) is 7.84. The van der Waals surface area contributed by atoms with Crippen molar-refractivity contribution in [2.75, 3.05) is 20.2 Å². The first-order valence-corrected chi connectivity index (χ1v) is 12.8. The monoisotopic (exact) mass is 458 g/mol. The number of hydrogen-bond acceptors (Lipinski definition) is 4. The van der Waals surface area contributed by atoms with Crippen LogP contribution in [0.1, 0.15) is 50.2 Å². The van der Waals surface area contributed by atoms with Crippen molar-refractivity contribution >= 4 is 15.9 Å². The smallest absolute Gasteiger partial charge is 0.243 e. The molecule has 7 heteroatoms. The van der Waals surface area contributed by atoms with Gasteiger partial charge >= 0.3 is 0 Å². The highest BCUT2D eigenvalue weighted by Crippen LogP contribution is 2.27. The number of hydrogen-bond donors (Lipinski definition) is 1. The fourth-order valence-corrected chi connectivity index (χ4v) is 5.63. The Morgan fingerprint density at radius 2 is 1.78 bits per heavy atom. The highest BCUT2D eigenvalue weighted by molar-refractivity contribution is 7.89. The van der Waals surface area contributed by atoms with Crippen LogP contribution in [0.25, 0.3) is 0 Å². The van der Waals surface area contributed by atoms with Gasteiger partial charge in [0, 0.05) is 25.6 Å². The predicted octanol–water partition coefficient (Wildman–Crippen LogP) is 3.94. The SMILES string of the molecule is COc1ccc(S(=O)(=O)N2CCCCC2)cc1CCC(=O)NC(C)CCc1ccccc1. The fraction of sp³-hybridized carbons (Fsp3) is 0.480. The maximum absolute atomic E-state index is 13.0. The fourth-order valence-electron chi connectivity index (χ4n) is 4.06. The number of methoxy groups -OCH3 is 1. The molecule has 0 aliphatic carbocycles. The molecule has 0 saturated carbocycles. The average molecular weight is 459 g/mol. The van der Waals surface area contributed by atoms with Gasteiger partial charge in [-0.05, 0) is 68.4 Å². The van der Waals surface area contributed by atoms with Gasteiger partial charge in [0.25, 0.3) is 0 Å². The predicted molar refractivity (Wildman–Crippen MR) is 126 cm³/mol. The molecule has 174 valence electrons. The molecule has 3 rings (SSSR count). The minimum absolute atomic E-state index is 0.0445. The molecule has 1 aliphatic heterocycles. The normalized spacial score (nSPS) is 15.8. The van der Waals surface area contributed by atoms with E-state index >= 15 is 0 Å². The van der Waals surface area contributed by atoms with Crippen molar-refractivity contribution in [3.8, 4) is 5.75 Å². The van der Waals surface area contributed by atoms with Crippen molar-refractivity contribution in [1.29, 1.82) is 0 Å². The van der Waals surface area contributed by atoms with E-state index in [-0.39, 0.29) is 23.3 Å². The Morgan fingerprint density at radius 1 is 1.06 bits per heavy atom. The van der Waals surface area contributed by atoms with E-state index in [0.29, 0.717) is 25.3 Å². The van der Waals surface area contributed by atoms with Crippen LogP contribution in [0.4, 0.5) is 0 Å². The Balaban J connectivity index is 1.58. The molecule has 1 atom stereocenters. The van der Waals surface area contributed by atoms with Gasteiger partial charge in [-0.3, -0.25) is 4.79 Å². The molecule has 32 heavy (non-hydrogen) atoms. The van der Waals surface area contributed by atoms with Crippen LogP contribution in [0, 0.1) is 0 Å². The summed E-state index contributed by atoms with van der Waals surface area (Å²) in [7, 11) is -1.96. The first-order chi connectivity index (χ1) is 15.4. The van der Waals surface area contributed by atoms with E-state index in [4.69, 9.17) is 4.74 Å². The molecular formula is C25H34N2O4S. The zero-order chi connectivity index (χ0) is 23.0. The molecule has 0 spiro atoms. The largest absolute Gasteiger partial charge is 0.496 e. The van der Waals surface area contributed by atoms with Gasteiger partial charge in [0.2, 0.25) is 15.9 Å². The van der Waals surface area contributed by atoms with Gasteiger partial charge in [0.1, 0.15) is 5.75 Å². The van der Waals surface area contributed by atoms with E-state index in [2.05, 4.69) is 17.4 Å². The number of sulfonamides is 1. The second-order valence-electron chi connectivity index (χ2n) is 8.43. The molecule has 0 radical (unpaired) electrons. The number of nitrogens with zero attached hydrogens (tertiary/aromatic N) is 1. The van der Waals surface area contributed by atoms with Gasteiger partial charge in [-0.25, -0.2) is 8.42 Å². The number of ether oxygens (including phenoxy) is 1. The highest BCUT2D eigenvalue weighted by atomic mass is 32.2. The molecule has 1 N–H and O–H groups in total. The van der Waals surface area contributed by atoms with E-state index in [1.165, 1.54) is 5.56 Å². The topological polar surface area (TPSA) is 75.7 Å². The van der Waals surface area contributed by atoms with Crippen LogP contribution in [-0.2, 0) is 27.7 Å². The summed E-state index contributed by atoms with van der Waals surface area (Å²) in [5, 5.41) is 3.05. The average Bonchev–Trinajstić information content (AvgIpc) is 2.82. The Kier molecular flexibility index (Phi) is 8.70. The van der Waals surface area contributed by atoms with Gasteiger partial charge in [-0.15, -0.1) is 0 Å². The molecule has 6 nitrogen and oxygen atoms in total. The zero-order valence-corrected chi connectivity index (χ0v) is 19.9. The Hall–Kier alpha value is -2.38. The summed E-state index contributed by atoms with van der Waals surface area (Å²) in [6, 6.07) is 15.2. The summed E-state index contributed by atoms with van der Waals surface area (Å²) in [4.78, 5) is 12.8. The van der Waals surface area contributed by atoms with E-state index in [0.717, 1.165) is 37.7 Å². The third-order valence-electron chi connectivity index (χ3n) is 5.94. The van der Waals surface area contributed by atoms with Crippen molar-refractivity contribution in [3.63, 3.8) is 0 Å². The van der Waals surface area contributed by atoms with Crippen molar-refractivity contribution in [1.82, 2.24) is 9.62 Å². The summed E-state index contributed by atoms with van der Waals surface area (Å²) in [6.45, 7) is 3.13. The first-order valence-electron chi connectivity index (χ1n) is 11.4. The van der Waals surface area contributed by atoms with Crippen molar-refractivity contribution < 1.29 is 17.9 Å². The van der Waals surface area contributed by atoms with E-state index < -0.39 is 10.0 Å². The standard InChI is InChI=1S/C25H34N2O4S/c1-20(11-12-21-9-5-3-6-10-21)26-25(28)16-13-22-19-23(14-15-24(22)31-2)32(29,30)27-17-7-4-8-18-27/h3,5-6,9-10,14-15,19-20H,4,7-8,11-13,16-18H2,1-2H3,(H,26,28). The summed E-state index contributed by atoms with van der Waals surface area (Å²) >= 11 is 0. The number of aryl methyl sites for hydroxylation is 2. The Morgan fingerprint density at radius 3 is 2.47 bits per heavy atom. The van der Waals surface area contributed by atoms with E-state index in [1.54, 1.807) is 29.6 Å². The minimum Gasteiger partial charge on any atom is -0.496 e. The first kappa shape index (κ1) is 24.3.